The molecular formula is C17H22N2O2. The van der Waals surface area contributed by atoms with Crippen molar-refractivity contribution in [2.75, 3.05) is 6.54 Å². The van der Waals surface area contributed by atoms with Crippen LogP contribution < -0.4 is 5.32 Å². The Labute approximate surface area is 124 Å². The predicted molar refractivity (Wildman–Crippen MR) is 83.3 cm³/mol. The van der Waals surface area contributed by atoms with E-state index in [0.717, 1.165) is 47.8 Å². The Morgan fingerprint density at radius 3 is 3.00 bits per heavy atom. The highest BCUT2D eigenvalue weighted by molar-refractivity contribution is 6.08. The third-order valence-corrected chi connectivity index (χ3v) is 4.43. The lowest BCUT2D eigenvalue weighted by Crippen LogP contribution is -2.33. The number of amides is 1. The van der Waals surface area contributed by atoms with Crippen LogP contribution in [0.1, 0.15) is 41.7 Å². The number of carbonyl (C=O) groups excluding carboxylic acids is 1. The molecule has 4 nitrogen and oxygen atoms in total. The van der Waals surface area contributed by atoms with E-state index < -0.39 is 0 Å². The van der Waals surface area contributed by atoms with Gasteiger partial charge in [-0.1, -0.05) is 24.6 Å². The molecule has 0 saturated heterocycles. The molecule has 0 bridgehead atoms. The van der Waals surface area contributed by atoms with Crippen molar-refractivity contribution in [1.82, 2.24) is 10.3 Å². The topological polar surface area (TPSA) is 65.1 Å². The summed E-state index contributed by atoms with van der Waals surface area (Å²) in [5, 5.41) is 13.7. The summed E-state index contributed by atoms with van der Waals surface area (Å²) in [7, 11) is 0. The normalized spacial score (nSPS) is 22.4. The van der Waals surface area contributed by atoms with Gasteiger partial charge in [0, 0.05) is 23.1 Å². The zero-order valence-electron chi connectivity index (χ0n) is 12.4. The van der Waals surface area contributed by atoms with E-state index in [1.807, 2.05) is 31.2 Å². The number of benzene rings is 1. The SMILES string of the molecule is Cc1[nH]c2ccccc2c1C(=O)NCC1CCCC(O)C1. The van der Waals surface area contributed by atoms with Crippen LogP contribution in [-0.4, -0.2) is 28.6 Å². The molecule has 0 spiro atoms. The number of H-pyrrole nitrogens is 1. The van der Waals surface area contributed by atoms with Gasteiger partial charge in [0.1, 0.15) is 0 Å². The van der Waals surface area contributed by atoms with Gasteiger partial charge in [0.2, 0.25) is 0 Å². The molecule has 112 valence electrons. The summed E-state index contributed by atoms with van der Waals surface area (Å²) in [5.74, 6) is 0.369. The van der Waals surface area contributed by atoms with E-state index in [1.54, 1.807) is 0 Å². The lowest BCUT2D eigenvalue weighted by Gasteiger charge is -2.25. The minimum atomic E-state index is -0.199. The number of aryl methyl sites for hydroxylation is 1. The predicted octanol–water partition coefficient (Wildman–Crippen LogP) is 2.76. The minimum absolute atomic E-state index is 0.0231. The van der Waals surface area contributed by atoms with Gasteiger partial charge in [-0.25, -0.2) is 0 Å². The number of fused-ring (bicyclic) bond motifs is 1. The van der Waals surface area contributed by atoms with E-state index >= 15 is 0 Å². The maximum Gasteiger partial charge on any atom is 0.253 e. The van der Waals surface area contributed by atoms with Crippen molar-refractivity contribution in [2.45, 2.75) is 38.7 Å². The second-order valence-corrected chi connectivity index (χ2v) is 6.07. The zero-order chi connectivity index (χ0) is 14.8. The lowest BCUT2D eigenvalue weighted by molar-refractivity contribution is 0.0874. The first-order valence-electron chi connectivity index (χ1n) is 7.68. The van der Waals surface area contributed by atoms with Gasteiger partial charge in [-0.15, -0.1) is 0 Å². The monoisotopic (exact) mass is 286 g/mol. The van der Waals surface area contributed by atoms with E-state index in [1.165, 1.54) is 0 Å². The summed E-state index contributed by atoms with van der Waals surface area (Å²) in [4.78, 5) is 15.7. The number of aromatic nitrogens is 1. The first kappa shape index (κ1) is 14.1. The van der Waals surface area contributed by atoms with E-state index in [-0.39, 0.29) is 12.0 Å². The average molecular weight is 286 g/mol. The zero-order valence-corrected chi connectivity index (χ0v) is 12.4. The van der Waals surface area contributed by atoms with Crippen LogP contribution in [0, 0.1) is 12.8 Å². The van der Waals surface area contributed by atoms with E-state index in [9.17, 15) is 9.90 Å². The van der Waals surface area contributed by atoms with Crippen LogP contribution in [-0.2, 0) is 0 Å². The van der Waals surface area contributed by atoms with Crippen molar-refractivity contribution in [2.24, 2.45) is 5.92 Å². The third-order valence-electron chi connectivity index (χ3n) is 4.43. The number of hydrogen-bond donors (Lipinski definition) is 3. The van der Waals surface area contributed by atoms with E-state index in [0.29, 0.717) is 12.5 Å². The summed E-state index contributed by atoms with van der Waals surface area (Å²) >= 11 is 0. The van der Waals surface area contributed by atoms with Gasteiger partial charge in [0.15, 0.2) is 0 Å². The number of aromatic amines is 1. The van der Waals surface area contributed by atoms with Crippen LogP contribution in [0.25, 0.3) is 10.9 Å². The molecule has 1 amide bonds. The Kier molecular flexibility index (Phi) is 3.97. The molecule has 1 fully saturated rings. The molecule has 3 N–H and O–H groups in total. The van der Waals surface area contributed by atoms with E-state index in [2.05, 4.69) is 10.3 Å². The molecule has 1 saturated carbocycles. The number of para-hydroxylation sites is 1. The number of aliphatic hydroxyl groups is 1. The fourth-order valence-electron chi connectivity index (χ4n) is 3.34. The Morgan fingerprint density at radius 2 is 2.19 bits per heavy atom. The molecule has 1 aromatic carbocycles. The molecule has 4 heteroatoms. The maximum atomic E-state index is 12.5. The number of hydrogen-bond acceptors (Lipinski definition) is 2. The van der Waals surface area contributed by atoms with Crippen molar-refractivity contribution < 1.29 is 9.90 Å². The van der Waals surface area contributed by atoms with Gasteiger partial charge >= 0.3 is 0 Å². The minimum Gasteiger partial charge on any atom is -0.393 e. The second kappa shape index (κ2) is 5.90. The number of nitrogens with one attached hydrogen (secondary N) is 2. The molecule has 1 aromatic heterocycles. The van der Waals surface area contributed by atoms with Crippen LogP contribution in [0.5, 0.6) is 0 Å². The molecule has 2 aromatic rings. The first-order chi connectivity index (χ1) is 10.1. The van der Waals surface area contributed by atoms with Crippen LogP contribution in [0.3, 0.4) is 0 Å². The Hall–Kier alpha value is -1.81. The molecule has 0 aliphatic heterocycles. The highest BCUT2D eigenvalue weighted by Gasteiger charge is 2.22. The van der Waals surface area contributed by atoms with Crippen molar-refractivity contribution in [3.05, 3.63) is 35.5 Å². The molecule has 1 aliphatic rings. The molecule has 2 unspecified atom stereocenters. The standard InChI is InChI=1S/C17H22N2O2/c1-11-16(14-7-2-3-8-15(14)19-11)17(21)18-10-12-5-4-6-13(20)9-12/h2-3,7-8,12-13,19-20H,4-6,9-10H2,1H3,(H,18,21). The number of rotatable bonds is 3. The molecule has 2 atom stereocenters. The molecule has 1 aliphatic carbocycles. The van der Waals surface area contributed by atoms with Crippen molar-refractivity contribution in [3.63, 3.8) is 0 Å². The van der Waals surface area contributed by atoms with Crippen LogP contribution >= 0.6 is 0 Å². The summed E-state index contributed by atoms with van der Waals surface area (Å²) in [6, 6.07) is 7.86. The van der Waals surface area contributed by atoms with Gasteiger partial charge in [0.05, 0.1) is 11.7 Å². The van der Waals surface area contributed by atoms with Gasteiger partial charge in [0.25, 0.3) is 5.91 Å². The molecular weight excluding hydrogens is 264 g/mol. The smallest absolute Gasteiger partial charge is 0.253 e. The summed E-state index contributed by atoms with van der Waals surface area (Å²) in [5.41, 5.74) is 2.63. The Bertz CT molecular complexity index is 647. The Morgan fingerprint density at radius 1 is 1.38 bits per heavy atom. The fraction of sp³-hybridized carbons (Fsp3) is 0.471. The van der Waals surface area contributed by atoms with Crippen molar-refractivity contribution >= 4 is 16.8 Å². The molecule has 3 rings (SSSR count). The van der Waals surface area contributed by atoms with Gasteiger partial charge in [-0.2, -0.15) is 0 Å². The van der Waals surface area contributed by atoms with Crippen molar-refractivity contribution in [1.29, 1.82) is 0 Å². The summed E-state index contributed by atoms with van der Waals surface area (Å²) in [6.07, 6.45) is 3.63. The van der Waals surface area contributed by atoms with Crippen molar-refractivity contribution in [3.8, 4) is 0 Å². The average Bonchev–Trinajstić information content (AvgIpc) is 2.81. The first-order valence-corrected chi connectivity index (χ1v) is 7.68. The second-order valence-electron chi connectivity index (χ2n) is 6.07. The largest absolute Gasteiger partial charge is 0.393 e. The van der Waals surface area contributed by atoms with Crippen LogP contribution in [0.2, 0.25) is 0 Å². The summed E-state index contributed by atoms with van der Waals surface area (Å²) in [6.45, 7) is 2.58. The number of carbonyl (C=O) groups is 1. The van der Waals surface area contributed by atoms with Gasteiger partial charge < -0.3 is 15.4 Å². The van der Waals surface area contributed by atoms with Crippen LogP contribution in [0.15, 0.2) is 24.3 Å². The van der Waals surface area contributed by atoms with Crippen LogP contribution in [0.4, 0.5) is 0 Å². The Balaban J connectivity index is 1.71. The lowest BCUT2D eigenvalue weighted by atomic mass is 9.87. The summed E-state index contributed by atoms with van der Waals surface area (Å²) < 4.78 is 0. The molecule has 21 heavy (non-hydrogen) atoms. The fourth-order valence-corrected chi connectivity index (χ4v) is 3.34. The van der Waals surface area contributed by atoms with Gasteiger partial charge in [-0.05, 0) is 38.2 Å². The van der Waals surface area contributed by atoms with E-state index in [4.69, 9.17) is 0 Å². The highest BCUT2D eigenvalue weighted by atomic mass is 16.3. The maximum absolute atomic E-state index is 12.5. The third kappa shape index (κ3) is 2.95. The highest BCUT2D eigenvalue weighted by Crippen LogP contribution is 2.24. The quantitative estimate of drug-likeness (QED) is 0.812. The number of aliphatic hydroxyl groups excluding tert-OH is 1. The molecule has 1 heterocycles. The van der Waals surface area contributed by atoms with Gasteiger partial charge in [-0.3, -0.25) is 4.79 Å². The molecule has 0 radical (unpaired) electrons.